The molecular weight excluding hydrogens is 685 g/mol. The van der Waals surface area contributed by atoms with Gasteiger partial charge in [-0.1, -0.05) is 84.4 Å². The number of halogens is 2. The molecule has 1 saturated heterocycles. The summed E-state index contributed by atoms with van der Waals surface area (Å²) in [6, 6.07) is 30.7. The largest absolute Gasteiger partial charge is 0.507 e. The molecule has 4 atom stereocenters. The summed E-state index contributed by atoms with van der Waals surface area (Å²) in [5.41, 5.74) is 2.31. The van der Waals surface area contributed by atoms with Crippen LogP contribution in [0.3, 0.4) is 0 Å². The van der Waals surface area contributed by atoms with E-state index in [1.807, 2.05) is 24.3 Å². The molecule has 1 saturated carbocycles. The van der Waals surface area contributed by atoms with Gasteiger partial charge in [0.2, 0.25) is 0 Å². The maximum Gasteiger partial charge on any atom is 0.352 e. The number of para-hydroxylation sites is 1. The summed E-state index contributed by atoms with van der Waals surface area (Å²) in [6.07, 6.45) is 1.81. The highest BCUT2D eigenvalue weighted by atomic mass is 35.5. The van der Waals surface area contributed by atoms with Gasteiger partial charge in [-0.25, -0.2) is 27.9 Å². The fraction of sp³-hybridized carbons (Fsp3) is 0.150. The van der Waals surface area contributed by atoms with E-state index < -0.39 is 52.3 Å². The van der Waals surface area contributed by atoms with Gasteiger partial charge in [-0.15, -0.1) is 0 Å². The van der Waals surface area contributed by atoms with Gasteiger partial charge in [0.1, 0.15) is 11.6 Å². The van der Waals surface area contributed by atoms with Crippen LogP contribution in [0.25, 0.3) is 16.5 Å². The fourth-order valence-electron chi connectivity index (χ4n) is 8.56. The Bertz CT molecular complexity index is 2600. The van der Waals surface area contributed by atoms with Crippen molar-refractivity contribution in [3.8, 4) is 11.4 Å². The molecule has 258 valence electrons. The molecule has 2 fully saturated rings. The van der Waals surface area contributed by atoms with Crippen LogP contribution in [0, 0.1) is 11.7 Å². The molecule has 2 aliphatic heterocycles. The predicted octanol–water partition coefficient (Wildman–Crippen LogP) is 6.07. The second kappa shape index (κ2) is 11.7. The van der Waals surface area contributed by atoms with Crippen molar-refractivity contribution in [1.82, 2.24) is 18.9 Å². The molecule has 52 heavy (non-hydrogen) atoms. The molecule has 9 rings (SSSR count). The second-order valence-electron chi connectivity index (χ2n) is 13.3. The number of nitrogens with zero attached hydrogens (tertiary/aromatic N) is 4. The summed E-state index contributed by atoms with van der Waals surface area (Å²) < 4.78 is 17.7. The molecule has 10 nitrogen and oxygen atoms in total. The number of amides is 2. The summed E-state index contributed by atoms with van der Waals surface area (Å²) in [7, 11) is 0. The molecule has 2 N–H and O–H groups in total. The first-order valence-corrected chi connectivity index (χ1v) is 17.1. The van der Waals surface area contributed by atoms with E-state index in [1.165, 1.54) is 33.6 Å². The number of carbonyl (C=O) groups is 2. The van der Waals surface area contributed by atoms with Gasteiger partial charge in [0.15, 0.2) is 0 Å². The lowest BCUT2D eigenvalue weighted by molar-refractivity contribution is -0.138. The number of benzene rings is 5. The zero-order valence-corrected chi connectivity index (χ0v) is 28.1. The maximum absolute atomic E-state index is 15.3. The van der Waals surface area contributed by atoms with Crippen molar-refractivity contribution in [2.75, 3.05) is 5.43 Å². The number of phenols is 1. The van der Waals surface area contributed by atoms with E-state index in [2.05, 4.69) is 5.43 Å². The molecule has 0 unspecified atom stereocenters. The summed E-state index contributed by atoms with van der Waals surface area (Å²) in [5, 5.41) is 14.8. The number of aromatic nitrogens is 3. The Labute approximate surface area is 300 Å². The van der Waals surface area contributed by atoms with Crippen molar-refractivity contribution in [1.29, 1.82) is 0 Å². The number of phenolic OH excluding ortho intramolecular Hbond substituents is 1. The molecule has 0 spiro atoms. The molecule has 1 aliphatic carbocycles. The van der Waals surface area contributed by atoms with Gasteiger partial charge in [-0.2, -0.15) is 5.01 Å². The molecule has 3 heterocycles. The minimum atomic E-state index is -1.65. The standard InChI is InChI=1S/C40H29ClFN5O5/c41-25-13-11-24(12-14-25)40-32(36(49)46(37(40)50)43-27-17-15-26(42)16-18-27)22-33-30(34(40)31-19-10-23-6-4-5-9-29(23)35(31)48)20-21-44-38(51)45(39(52)47(33)44)28-7-2-1-3-8-28/h1-20,32-34,43,48H,21-22H2/t32-,33+,34+,40+/m0/s1. The first-order chi connectivity index (χ1) is 25.2. The maximum atomic E-state index is 15.3. The molecule has 1 aromatic heterocycles. The van der Waals surface area contributed by atoms with Gasteiger partial charge < -0.3 is 5.11 Å². The van der Waals surface area contributed by atoms with Crippen LogP contribution in [-0.2, 0) is 21.5 Å². The highest BCUT2D eigenvalue weighted by Crippen LogP contribution is 2.63. The normalized spacial score (nSPS) is 22.2. The molecule has 6 aromatic rings. The minimum absolute atomic E-state index is 0.00558. The average Bonchev–Trinajstić information content (AvgIpc) is 3.54. The van der Waals surface area contributed by atoms with Crippen molar-refractivity contribution in [3.05, 3.63) is 170 Å². The lowest BCUT2D eigenvalue weighted by atomic mass is 9.53. The van der Waals surface area contributed by atoms with Crippen LogP contribution in [-0.4, -0.2) is 35.9 Å². The SMILES string of the molecule is O=C1[C@@H]2C[C@@H]3C(=CCn4c(=O)n(-c5ccccc5)c(=O)n43)[C@H](c3ccc4ccccc4c3O)[C@]2(c2ccc(Cl)cc2)C(=O)N1Nc1ccc(F)cc1. The summed E-state index contributed by atoms with van der Waals surface area (Å²) >= 11 is 6.37. The van der Waals surface area contributed by atoms with E-state index in [9.17, 15) is 23.9 Å². The van der Waals surface area contributed by atoms with Crippen molar-refractivity contribution >= 4 is 39.9 Å². The molecule has 0 radical (unpaired) electrons. The number of allylic oxidation sites excluding steroid dienone is 2. The number of rotatable bonds is 5. The third-order valence-corrected chi connectivity index (χ3v) is 11.0. The van der Waals surface area contributed by atoms with Gasteiger partial charge in [0.25, 0.3) is 11.8 Å². The van der Waals surface area contributed by atoms with Gasteiger partial charge in [-0.3, -0.25) is 15.0 Å². The van der Waals surface area contributed by atoms with Crippen LogP contribution in [0.2, 0.25) is 5.02 Å². The third kappa shape index (κ3) is 4.42. The Morgan fingerprint density at radius 2 is 1.52 bits per heavy atom. The van der Waals surface area contributed by atoms with Crippen LogP contribution in [0.1, 0.15) is 29.5 Å². The minimum Gasteiger partial charge on any atom is -0.507 e. The number of nitrogens with one attached hydrogen (secondary N) is 1. The van der Waals surface area contributed by atoms with Crippen LogP contribution >= 0.6 is 11.6 Å². The lowest BCUT2D eigenvalue weighted by Gasteiger charge is -2.49. The van der Waals surface area contributed by atoms with Crippen LogP contribution in [0.4, 0.5) is 10.1 Å². The van der Waals surface area contributed by atoms with Crippen molar-refractivity contribution in [2.24, 2.45) is 5.92 Å². The molecule has 3 aliphatic rings. The van der Waals surface area contributed by atoms with Gasteiger partial charge in [-0.05, 0) is 71.5 Å². The summed E-state index contributed by atoms with van der Waals surface area (Å²) in [5.74, 6) is -3.82. The number of fused-ring (bicyclic) bond motifs is 5. The molecular formula is C40H29ClFN5O5. The number of carbonyl (C=O) groups excluding carboxylic acids is 2. The highest BCUT2D eigenvalue weighted by molar-refractivity contribution is 6.30. The first-order valence-electron chi connectivity index (χ1n) is 16.8. The topological polar surface area (TPSA) is 119 Å². The van der Waals surface area contributed by atoms with Crippen LogP contribution < -0.4 is 16.8 Å². The predicted molar refractivity (Wildman–Crippen MR) is 193 cm³/mol. The smallest absolute Gasteiger partial charge is 0.352 e. The molecule has 2 amide bonds. The molecule has 0 bridgehead atoms. The number of imide groups is 1. The van der Waals surface area contributed by atoms with E-state index in [4.69, 9.17) is 11.6 Å². The van der Waals surface area contributed by atoms with Crippen molar-refractivity contribution in [3.63, 3.8) is 0 Å². The Balaban J connectivity index is 1.32. The van der Waals surface area contributed by atoms with E-state index in [0.717, 1.165) is 15.0 Å². The summed E-state index contributed by atoms with van der Waals surface area (Å²) in [6.45, 7) is 0.00558. The van der Waals surface area contributed by atoms with Crippen molar-refractivity contribution < 1.29 is 19.1 Å². The third-order valence-electron chi connectivity index (χ3n) is 10.8. The Morgan fingerprint density at radius 3 is 2.27 bits per heavy atom. The fourth-order valence-corrected chi connectivity index (χ4v) is 8.69. The molecule has 12 heteroatoms. The average molecular weight is 714 g/mol. The number of hydrazine groups is 1. The quantitative estimate of drug-likeness (QED) is 0.166. The first kappa shape index (κ1) is 31.8. The number of hydrogen-bond acceptors (Lipinski definition) is 6. The van der Waals surface area contributed by atoms with E-state index in [-0.39, 0.29) is 18.7 Å². The van der Waals surface area contributed by atoms with Crippen molar-refractivity contribution in [2.45, 2.75) is 30.3 Å². The second-order valence-corrected chi connectivity index (χ2v) is 13.7. The van der Waals surface area contributed by atoms with E-state index in [0.29, 0.717) is 38.5 Å². The zero-order valence-electron chi connectivity index (χ0n) is 27.3. The zero-order chi connectivity index (χ0) is 35.9. The number of anilines is 1. The Morgan fingerprint density at radius 1 is 0.808 bits per heavy atom. The highest BCUT2D eigenvalue weighted by Gasteiger charge is 2.69. The number of aromatic hydroxyl groups is 1. The van der Waals surface area contributed by atoms with E-state index in [1.54, 1.807) is 72.8 Å². The number of hydrogen-bond donors (Lipinski definition) is 2. The monoisotopic (exact) mass is 713 g/mol. The van der Waals surface area contributed by atoms with Gasteiger partial charge in [0.05, 0.1) is 35.3 Å². The van der Waals surface area contributed by atoms with Crippen LogP contribution in [0.5, 0.6) is 5.75 Å². The summed E-state index contributed by atoms with van der Waals surface area (Å²) in [4.78, 5) is 58.3. The van der Waals surface area contributed by atoms with Gasteiger partial charge in [0, 0.05) is 21.9 Å². The lowest BCUT2D eigenvalue weighted by Crippen LogP contribution is -2.53. The Hall–Kier alpha value is -6.20. The van der Waals surface area contributed by atoms with Gasteiger partial charge >= 0.3 is 11.4 Å². The Kier molecular flexibility index (Phi) is 7.13. The van der Waals surface area contributed by atoms with Crippen LogP contribution in [0.15, 0.2) is 136 Å². The van der Waals surface area contributed by atoms with E-state index >= 15 is 4.79 Å². The molecule has 5 aromatic carbocycles.